The summed E-state index contributed by atoms with van der Waals surface area (Å²) in [4.78, 5) is 0. The molecule has 0 saturated heterocycles. The molecule has 1 aromatic rings. The molecule has 0 aliphatic carbocycles. The van der Waals surface area contributed by atoms with Crippen molar-refractivity contribution in [1.29, 1.82) is 5.26 Å². The summed E-state index contributed by atoms with van der Waals surface area (Å²) in [6.45, 7) is 7.96. The normalized spacial score (nSPS) is 10.2. The van der Waals surface area contributed by atoms with Gasteiger partial charge in [0, 0.05) is 13.0 Å². The van der Waals surface area contributed by atoms with Crippen LogP contribution in [0.5, 0.6) is 5.75 Å². The summed E-state index contributed by atoms with van der Waals surface area (Å²) in [5, 5.41) is 11.7. The van der Waals surface area contributed by atoms with Gasteiger partial charge in [0.2, 0.25) is 0 Å². The third kappa shape index (κ3) is 3.48. The minimum atomic E-state index is 0.559. The summed E-state index contributed by atoms with van der Waals surface area (Å²) < 4.78 is 5.54. The van der Waals surface area contributed by atoms with E-state index in [1.165, 1.54) is 22.3 Å². The number of methoxy groups -OCH3 is 1. The molecule has 0 saturated carbocycles. The summed E-state index contributed by atoms with van der Waals surface area (Å²) in [5.41, 5.74) is 5.03. The Hall–Kier alpha value is -1.53. The summed E-state index contributed by atoms with van der Waals surface area (Å²) in [7, 11) is 1.73. The van der Waals surface area contributed by atoms with Crippen LogP contribution in [-0.2, 0) is 6.42 Å². The maximum absolute atomic E-state index is 8.47. The van der Waals surface area contributed by atoms with Crippen LogP contribution in [0.2, 0.25) is 0 Å². The molecule has 1 aromatic carbocycles. The minimum absolute atomic E-state index is 0.559. The number of hydrogen-bond donors (Lipinski definition) is 1. The highest BCUT2D eigenvalue weighted by Gasteiger charge is 2.11. The fourth-order valence-electron chi connectivity index (χ4n) is 2.17. The Morgan fingerprint density at radius 1 is 1.22 bits per heavy atom. The van der Waals surface area contributed by atoms with Gasteiger partial charge >= 0.3 is 0 Å². The highest BCUT2D eigenvalue weighted by molar-refractivity contribution is 5.49. The molecular weight excluding hydrogens is 224 g/mol. The van der Waals surface area contributed by atoms with Crippen LogP contribution in [0.3, 0.4) is 0 Å². The molecule has 0 radical (unpaired) electrons. The van der Waals surface area contributed by atoms with Gasteiger partial charge in [-0.05, 0) is 56.0 Å². The summed E-state index contributed by atoms with van der Waals surface area (Å²) >= 11 is 0. The second-order valence-corrected chi connectivity index (χ2v) is 4.56. The number of rotatable bonds is 6. The van der Waals surface area contributed by atoms with Crippen LogP contribution >= 0.6 is 0 Å². The van der Waals surface area contributed by atoms with Gasteiger partial charge in [0.1, 0.15) is 5.75 Å². The van der Waals surface area contributed by atoms with Crippen LogP contribution in [0.1, 0.15) is 28.7 Å². The van der Waals surface area contributed by atoms with Gasteiger partial charge in [0.05, 0.1) is 13.2 Å². The number of nitriles is 1. The molecule has 1 rings (SSSR count). The number of nitrogens with zero attached hydrogens (tertiary/aromatic N) is 1. The Kier molecular flexibility index (Phi) is 5.67. The first-order valence-electron chi connectivity index (χ1n) is 6.33. The van der Waals surface area contributed by atoms with E-state index in [0.717, 1.165) is 25.3 Å². The lowest BCUT2D eigenvalue weighted by Crippen LogP contribution is -2.19. The predicted molar refractivity (Wildman–Crippen MR) is 74.0 cm³/mol. The summed E-state index contributed by atoms with van der Waals surface area (Å²) in [5.74, 6) is 1.01. The molecule has 18 heavy (non-hydrogen) atoms. The highest BCUT2D eigenvalue weighted by Crippen LogP contribution is 2.29. The Labute approximate surface area is 110 Å². The number of aryl methyl sites for hydroxylation is 2. The second kappa shape index (κ2) is 7.03. The monoisotopic (exact) mass is 246 g/mol. The number of benzene rings is 1. The van der Waals surface area contributed by atoms with Crippen molar-refractivity contribution in [3.63, 3.8) is 0 Å². The molecule has 0 fully saturated rings. The van der Waals surface area contributed by atoms with E-state index in [2.05, 4.69) is 38.2 Å². The minimum Gasteiger partial charge on any atom is -0.496 e. The Morgan fingerprint density at radius 2 is 1.94 bits per heavy atom. The molecular formula is C15H22N2O. The lowest BCUT2D eigenvalue weighted by molar-refractivity contribution is 0.405. The van der Waals surface area contributed by atoms with Crippen LogP contribution in [0, 0.1) is 32.1 Å². The zero-order valence-corrected chi connectivity index (χ0v) is 11.8. The van der Waals surface area contributed by atoms with E-state index in [1.54, 1.807) is 7.11 Å². The molecule has 98 valence electrons. The average Bonchev–Trinajstić information content (AvgIpc) is 2.35. The highest BCUT2D eigenvalue weighted by atomic mass is 16.5. The number of nitrogens with one attached hydrogen (secondary N) is 1. The summed E-state index contributed by atoms with van der Waals surface area (Å²) in [6.07, 6.45) is 1.49. The van der Waals surface area contributed by atoms with Crippen molar-refractivity contribution >= 4 is 0 Å². The van der Waals surface area contributed by atoms with Crippen molar-refractivity contribution in [1.82, 2.24) is 5.32 Å². The number of hydrogen-bond acceptors (Lipinski definition) is 3. The smallest absolute Gasteiger partial charge is 0.125 e. The van der Waals surface area contributed by atoms with Crippen molar-refractivity contribution in [3.05, 3.63) is 28.3 Å². The van der Waals surface area contributed by atoms with E-state index in [-0.39, 0.29) is 0 Å². The van der Waals surface area contributed by atoms with Gasteiger partial charge < -0.3 is 10.1 Å². The molecule has 0 bridgehead atoms. The second-order valence-electron chi connectivity index (χ2n) is 4.56. The van der Waals surface area contributed by atoms with Crippen molar-refractivity contribution < 1.29 is 4.74 Å². The molecule has 0 aliphatic heterocycles. The van der Waals surface area contributed by atoms with Gasteiger partial charge in [-0.15, -0.1) is 0 Å². The first-order chi connectivity index (χ1) is 8.61. The van der Waals surface area contributed by atoms with Crippen LogP contribution in [0.15, 0.2) is 6.07 Å². The van der Waals surface area contributed by atoms with Crippen LogP contribution < -0.4 is 10.1 Å². The summed E-state index contributed by atoms with van der Waals surface area (Å²) in [6, 6.07) is 4.34. The largest absolute Gasteiger partial charge is 0.496 e. The molecule has 3 heteroatoms. The van der Waals surface area contributed by atoms with E-state index in [4.69, 9.17) is 10.00 Å². The van der Waals surface area contributed by atoms with Crippen molar-refractivity contribution in [2.24, 2.45) is 0 Å². The van der Waals surface area contributed by atoms with Crippen molar-refractivity contribution in [3.8, 4) is 11.8 Å². The topological polar surface area (TPSA) is 45.0 Å². The zero-order valence-electron chi connectivity index (χ0n) is 11.8. The fourth-order valence-corrected chi connectivity index (χ4v) is 2.17. The van der Waals surface area contributed by atoms with E-state index in [9.17, 15) is 0 Å². The third-order valence-electron chi connectivity index (χ3n) is 3.28. The van der Waals surface area contributed by atoms with Gasteiger partial charge in [0.15, 0.2) is 0 Å². The maximum Gasteiger partial charge on any atom is 0.125 e. The average molecular weight is 246 g/mol. The zero-order chi connectivity index (χ0) is 13.5. The van der Waals surface area contributed by atoms with Crippen LogP contribution in [-0.4, -0.2) is 20.2 Å². The van der Waals surface area contributed by atoms with E-state index >= 15 is 0 Å². The Bertz CT molecular complexity index is 447. The van der Waals surface area contributed by atoms with Gasteiger partial charge in [-0.25, -0.2) is 0 Å². The third-order valence-corrected chi connectivity index (χ3v) is 3.28. The van der Waals surface area contributed by atoms with Crippen molar-refractivity contribution in [2.45, 2.75) is 33.6 Å². The molecule has 3 nitrogen and oxygen atoms in total. The Balaban J connectivity index is 2.76. The van der Waals surface area contributed by atoms with E-state index < -0.39 is 0 Å². The quantitative estimate of drug-likeness (QED) is 0.785. The molecule has 0 heterocycles. The standard InChI is InChI=1S/C15H22N2O/c1-11-10-12(2)14(15(18-4)13(11)3)6-9-17-8-5-7-16/h10,17H,5-6,8-9H2,1-4H3. The molecule has 1 N–H and O–H groups in total. The lowest BCUT2D eigenvalue weighted by atomic mass is 9.97. The molecule has 0 aromatic heterocycles. The first kappa shape index (κ1) is 14.5. The van der Waals surface area contributed by atoms with E-state index in [0.29, 0.717) is 6.42 Å². The van der Waals surface area contributed by atoms with Crippen LogP contribution in [0.4, 0.5) is 0 Å². The first-order valence-corrected chi connectivity index (χ1v) is 6.33. The molecule has 0 amide bonds. The number of ether oxygens (including phenoxy) is 1. The molecule has 0 unspecified atom stereocenters. The van der Waals surface area contributed by atoms with Gasteiger partial charge in [-0.1, -0.05) is 6.07 Å². The van der Waals surface area contributed by atoms with Gasteiger partial charge in [-0.2, -0.15) is 5.26 Å². The van der Waals surface area contributed by atoms with Crippen LogP contribution in [0.25, 0.3) is 0 Å². The SMILES string of the molecule is COc1c(C)c(C)cc(C)c1CCNCCC#N. The van der Waals surface area contributed by atoms with Gasteiger partial charge in [0.25, 0.3) is 0 Å². The maximum atomic E-state index is 8.47. The fraction of sp³-hybridized carbons (Fsp3) is 0.533. The van der Waals surface area contributed by atoms with Crippen molar-refractivity contribution in [2.75, 3.05) is 20.2 Å². The predicted octanol–water partition coefficient (Wildman–Crippen LogP) is 2.67. The molecule has 0 aliphatic rings. The lowest BCUT2D eigenvalue weighted by Gasteiger charge is -2.16. The van der Waals surface area contributed by atoms with E-state index in [1.807, 2.05) is 0 Å². The molecule has 0 spiro atoms. The van der Waals surface area contributed by atoms with Gasteiger partial charge in [-0.3, -0.25) is 0 Å². The molecule has 0 atom stereocenters. The Morgan fingerprint density at radius 3 is 2.56 bits per heavy atom.